The average Bonchev–Trinajstić information content (AvgIpc) is 2.17. The predicted molar refractivity (Wildman–Crippen MR) is 64.9 cm³/mol. The molecule has 2 heteroatoms. The zero-order valence-electron chi connectivity index (χ0n) is 9.16. The molecule has 0 radical (unpaired) electrons. The molecule has 1 aromatic carbocycles. The third kappa shape index (κ3) is 3.35. The lowest BCUT2D eigenvalue weighted by molar-refractivity contribution is 0.773. The van der Waals surface area contributed by atoms with E-state index in [1.807, 2.05) is 11.8 Å². The molecule has 0 aromatic heterocycles. The maximum absolute atomic E-state index is 5.62. The minimum Gasteiger partial charge on any atom is -0.330 e. The summed E-state index contributed by atoms with van der Waals surface area (Å²) in [6.07, 6.45) is 0. The minimum absolute atomic E-state index is 0.466. The summed E-state index contributed by atoms with van der Waals surface area (Å²) in [5.74, 6) is 0.466. The zero-order chi connectivity index (χ0) is 10.6. The van der Waals surface area contributed by atoms with Gasteiger partial charge in [-0.3, -0.25) is 0 Å². The lowest BCUT2D eigenvalue weighted by atomic mass is 10.0. The number of benzene rings is 1. The van der Waals surface area contributed by atoms with Crippen molar-refractivity contribution in [1.29, 1.82) is 0 Å². The molecule has 78 valence electrons. The SMILES string of the molecule is CC(C)Sc1ccc(C(C)CN)cc1. The van der Waals surface area contributed by atoms with Gasteiger partial charge < -0.3 is 5.73 Å². The highest BCUT2D eigenvalue weighted by atomic mass is 32.2. The molecule has 0 aliphatic heterocycles. The van der Waals surface area contributed by atoms with Gasteiger partial charge in [0.2, 0.25) is 0 Å². The second-order valence-corrected chi connectivity index (χ2v) is 5.52. The topological polar surface area (TPSA) is 26.0 Å². The summed E-state index contributed by atoms with van der Waals surface area (Å²) < 4.78 is 0. The van der Waals surface area contributed by atoms with Gasteiger partial charge in [0.25, 0.3) is 0 Å². The fourth-order valence-corrected chi connectivity index (χ4v) is 2.12. The van der Waals surface area contributed by atoms with Gasteiger partial charge in [0, 0.05) is 10.1 Å². The number of thioether (sulfide) groups is 1. The van der Waals surface area contributed by atoms with Crippen molar-refractivity contribution in [3.63, 3.8) is 0 Å². The van der Waals surface area contributed by atoms with E-state index >= 15 is 0 Å². The molecule has 1 unspecified atom stereocenters. The maximum Gasteiger partial charge on any atom is 0.00747 e. The van der Waals surface area contributed by atoms with Crippen LogP contribution < -0.4 is 5.73 Å². The molecule has 0 spiro atoms. The molecule has 0 fully saturated rings. The Labute approximate surface area is 91.1 Å². The molecule has 0 amide bonds. The monoisotopic (exact) mass is 209 g/mol. The summed E-state index contributed by atoms with van der Waals surface area (Å²) in [7, 11) is 0. The molecule has 0 aliphatic rings. The second kappa shape index (κ2) is 5.42. The van der Waals surface area contributed by atoms with E-state index in [-0.39, 0.29) is 0 Å². The Kier molecular flexibility index (Phi) is 4.49. The highest BCUT2D eigenvalue weighted by molar-refractivity contribution is 7.99. The highest BCUT2D eigenvalue weighted by Gasteiger charge is 2.03. The summed E-state index contributed by atoms with van der Waals surface area (Å²) >= 11 is 1.90. The van der Waals surface area contributed by atoms with Crippen molar-refractivity contribution in [1.82, 2.24) is 0 Å². The van der Waals surface area contributed by atoms with Gasteiger partial charge in [-0.05, 0) is 30.2 Å². The Hall–Kier alpha value is -0.470. The van der Waals surface area contributed by atoms with Crippen LogP contribution in [0.4, 0.5) is 0 Å². The van der Waals surface area contributed by atoms with Gasteiger partial charge in [0.05, 0.1) is 0 Å². The molecular formula is C12H19NS. The van der Waals surface area contributed by atoms with E-state index in [0.29, 0.717) is 11.2 Å². The zero-order valence-corrected chi connectivity index (χ0v) is 9.97. The first-order valence-electron chi connectivity index (χ1n) is 5.10. The van der Waals surface area contributed by atoms with Crippen molar-refractivity contribution in [2.24, 2.45) is 5.73 Å². The predicted octanol–water partition coefficient (Wildman–Crippen LogP) is 3.25. The van der Waals surface area contributed by atoms with Crippen molar-refractivity contribution in [3.8, 4) is 0 Å². The van der Waals surface area contributed by atoms with Crippen LogP contribution in [0.2, 0.25) is 0 Å². The average molecular weight is 209 g/mol. The van der Waals surface area contributed by atoms with Gasteiger partial charge in [0.15, 0.2) is 0 Å². The van der Waals surface area contributed by atoms with Crippen LogP contribution in [0.15, 0.2) is 29.2 Å². The highest BCUT2D eigenvalue weighted by Crippen LogP contribution is 2.24. The van der Waals surface area contributed by atoms with Crippen molar-refractivity contribution < 1.29 is 0 Å². The summed E-state index contributed by atoms with van der Waals surface area (Å²) in [6.45, 7) is 7.30. The molecule has 14 heavy (non-hydrogen) atoms. The summed E-state index contributed by atoms with van der Waals surface area (Å²) in [4.78, 5) is 1.34. The van der Waals surface area contributed by atoms with Gasteiger partial charge in [-0.25, -0.2) is 0 Å². The van der Waals surface area contributed by atoms with Crippen LogP contribution in [0.3, 0.4) is 0 Å². The standard InChI is InChI=1S/C12H19NS/c1-9(2)14-12-6-4-11(5-7-12)10(3)8-13/h4-7,9-10H,8,13H2,1-3H3. The van der Waals surface area contributed by atoms with Crippen LogP contribution in [0.5, 0.6) is 0 Å². The van der Waals surface area contributed by atoms with Crippen LogP contribution in [0.25, 0.3) is 0 Å². The van der Waals surface area contributed by atoms with Crippen molar-refractivity contribution in [2.45, 2.75) is 36.8 Å². The third-order valence-corrected chi connectivity index (χ3v) is 3.19. The first-order valence-corrected chi connectivity index (χ1v) is 5.98. The van der Waals surface area contributed by atoms with Gasteiger partial charge in [-0.2, -0.15) is 0 Å². The number of nitrogens with two attached hydrogens (primary N) is 1. The quantitative estimate of drug-likeness (QED) is 0.770. The van der Waals surface area contributed by atoms with E-state index < -0.39 is 0 Å². The number of rotatable bonds is 4. The summed E-state index contributed by atoms with van der Waals surface area (Å²) in [5.41, 5.74) is 6.95. The van der Waals surface area contributed by atoms with Crippen LogP contribution >= 0.6 is 11.8 Å². The molecule has 0 heterocycles. The number of hydrogen-bond acceptors (Lipinski definition) is 2. The molecule has 1 aromatic rings. The summed E-state index contributed by atoms with van der Waals surface area (Å²) in [6, 6.07) is 8.74. The van der Waals surface area contributed by atoms with Crippen molar-refractivity contribution in [3.05, 3.63) is 29.8 Å². The van der Waals surface area contributed by atoms with E-state index in [9.17, 15) is 0 Å². The van der Waals surface area contributed by atoms with E-state index in [4.69, 9.17) is 5.73 Å². The molecule has 0 saturated carbocycles. The van der Waals surface area contributed by atoms with Crippen molar-refractivity contribution in [2.75, 3.05) is 6.54 Å². The molecule has 0 bridgehead atoms. The smallest absolute Gasteiger partial charge is 0.00747 e. The fourth-order valence-electron chi connectivity index (χ4n) is 1.28. The van der Waals surface area contributed by atoms with Gasteiger partial charge in [-0.15, -0.1) is 11.8 Å². The Balaban J connectivity index is 2.68. The Morgan fingerprint density at radius 3 is 2.14 bits per heavy atom. The van der Waals surface area contributed by atoms with Crippen LogP contribution in [0, 0.1) is 0 Å². The molecular weight excluding hydrogens is 190 g/mol. The molecule has 1 atom stereocenters. The van der Waals surface area contributed by atoms with E-state index in [1.165, 1.54) is 10.5 Å². The Morgan fingerprint density at radius 2 is 1.71 bits per heavy atom. The largest absolute Gasteiger partial charge is 0.330 e. The maximum atomic E-state index is 5.62. The fraction of sp³-hybridized carbons (Fsp3) is 0.500. The molecule has 0 aliphatic carbocycles. The van der Waals surface area contributed by atoms with Gasteiger partial charge in [0.1, 0.15) is 0 Å². The van der Waals surface area contributed by atoms with Gasteiger partial charge in [-0.1, -0.05) is 32.9 Å². The second-order valence-electron chi connectivity index (χ2n) is 3.87. The first kappa shape index (κ1) is 11.6. The molecule has 0 saturated heterocycles. The van der Waals surface area contributed by atoms with E-state index in [1.54, 1.807) is 0 Å². The first-order chi connectivity index (χ1) is 6.63. The Morgan fingerprint density at radius 1 is 1.14 bits per heavy atom. The van der Waals surface area contributed by atoms with Crippen LogP contribution in [0.1, 0.15) is 32.3 Å². The third-order valence-electron chi connectivity index (χ3n) is 2.17. The normalized spacial score (nSPS) is 13.2. The van der Waals surface area contributed by atoms with Crippen molar-refractivity contribution >= 4 is 11.8 Å². The summed E-state index contributed by atoms with van der Waals surface area (Å²) in [5, 5.41) is 0.646. The van der Waals surface area contributed by atoms with Crippen LogP contribution in [-0.4, -0.2) is 11.8 Å². The minimum atomic E-state index is 0.466. The molecule has 1 nitrogen and oxygen atoms in total. The molecule has 1 rings (SSSR count). The van der Waals surface area contributed by atoms with Gasteiger partial charge >= 0.3 is 0 Å². The Bertz CT molecular complexity index is 266. The van der Waals surface area contributed by atoms with E-state index in [2.05, 4.69) is 45.0 Å². The lowest BCUT2D eigenvalue weighted by Crippen LogP contribution is -2.08. The lowest BCUT2D eigenvalue weighted by Gasteiger charge is -2.10. The number of hydrogen-bond donors (Lipinski definition) is 1. The van der Waals surface area contributed by atoms with E-state index in [0.717, 1.165) is 6.54 Å². The molecule has 2 N–H and O–H groups in total. The van der Waals surface area contributed by atoms with Crippen LogP contribution in [-0.2, 0) is 0 Å².